The minimum absolute atomic E-state index is 0.172. The summed E-state index contributed by atoms with van der Waals surface area (Å²) in [5.74, 6) is -0.689. The molecule has 0 spiro atoms. The molecule has 0 aromatic heterocycles. The van der Waals surface area contributed by atoms with Crippen LogP contribution in [0.1, 0.15) is 90.4 Å². The molecule has 0 aliphatic rings. The number of aliphatic carboxylic acids is 1. The molecule has 29 heavy (non-hydrogen) atoms. The average Bonchev–Trinajstić information content (AvgIpc) is 2.59. The number of hydrogen-bond acceptors (Lipinski definition) is 6. The van der Waals surface area contributed by atoms with E-state index in [0.29, 0.717) is 6.42 Å². The van der Waals surface area contributed by atoms with Crippen LogP contribution in [-0.2, 0) is 23.1 Å². The van der Waals surface area contributed by atoms with Gasteiger partial charge in [0.05, 0.1) is 6.10 Å². The van der Waals surface area contributed by atoms with E-state index in [1.807, 2.05) is 0 Å². The lowest BCUT2D eigenvalue weighted by Gasteiger charge is -2.07. The van der Waals surface area contributed by atoms with E-state index in [1.165, 1.54) is 25.7 Å². The van der Waals surface area contributed by atoms with Gasteiger partial charge in [0.2, 0.25) is 0 Å². The van der Waals surface area contributed by atoms with Gasteiger partial charge in [0, 0.05) is 6.42 Å². The van der Waals surface area contributed by atoms with Gasteiger partial charge in [0.15, 0.2) is 0 Å². The number of rotatable bonds is 16. The first kappa shape index (κ1) is 30.2. The molecule has 0 aliphatic carbocycles. The van der Waals surface area contributed by atoms with Gasteiger partial charge in [-0.1, -0.05) is 64.0 Å². The zero-order chi connectivity index (χ0) is 22.8. The standard InChI is InChI=1S/C18H34O3.H2O6S2/c1-2-3-4-11-14-17(19)15-12-9-7-5-6-8-10-13-16-18(20)21;1-7(2,3)8(4,5)6/h9,12,17,19H,2-8,10-11,13-16H2,1H3,(H,20,21);(H,1,2,3)(H,4,5,6)/b12-9-;/t17-;/m1./s1. The van der Waals surface area contributed by atoms with Crippen LogP contribution < -0.4 is 0 Å². The Hall–Kier alpha value is -1.01. The van der Waals surface area contributed by atoms with E-state index in [9.17, 15) is 26.7 Å². The number of carbonyl (C=O) groups is 1. The van der Waals surface area contributed by atoms with Crippen LogP contribution in [0.5, 0.6) is 0 Å². The van der Waals surface area contributed by atoms with E-state index < -0.39 is 24.3 Å². The summed E-state index contributed by atoms with van der Waals surface area (Å²) in [5.41, 5.74) is 0. The third-order valence-corrected chi connectivity index (χ3v) is 6.12. The molecule has 0 saturated heterocycles. The molecule has 4 N–H and O–H groups in total. The van der Waals surface area contributed by atoms with Crippen LogP contribution >= 0.6 is 0 Å². The summed E-state index contributed by atoms with van der Waals surface area (Å²) in [6, 6.07) is 0. The van der Waals surface area contributed by atoms with Crippen molar-refractivity contribution in [3.63, 3.8) is 0 Å². The first-order valence-electron chi connectivity index (χ1n) is 9.91. The number of allylic oxidation sites excluding steroid dienone is 1. The Morgan fingerprint density at radius 1 is 0.828 bits per heavy atom. The van der Waals surface area contributed by atoms with Gasteiger partial charge in [-0.3, -0.25) is 13.9 Å². The van der Waals surface area contributed by atoms with E-state index >= 15 is 0 Å². The Bertz CT molecular complexity index is 610. The Labute approximate surface area is 174 Å². The molecule has 9 nitrogen and oxygen atoms in total. The molecule has 0 amide bonds. The highest BCUT2D eigenvalue weighted by atomic mass is 33.2. The van der Waals surface area contributed by atoms with Gasteiger partial charge in [0.25, 0.3) is 0 Å². The number of aliphatic hydroxyl groups excluding tert-OH is 1. The molecule has 0 heterocycles. The lowest BCUT2D eigenvalue weighted by molar-refractivity contribution is -0.137. The molecule has 1 atom stereocenters. The molecule has 0 aromatic rings. The van der Waals surface area contributed by atoms with Crippen LogP contribution in [0.2, 0.25) is 0 Å². The predicted molar refractivity (Wildman–Crippen MR) is 112 cm³/mol. The molecule has 0 aliphatic heterocycles. The van der Waals surface area contributed by atoms with Gasteiger partial charge in [-0.15, -0.1) is 0 Å². The summed E-state index contributed by atoms with van der Waals surface area (Å²) < 4.78 is 52.5. The molecule has 174 valence electrons. The normalized spacial score (nSPS) is 13.1. The number of hydrogen-bond donors (Lipinski definition) is 4. The van der Waals surface area contributed by atoms with E-state index in [-0.39, 0.29) is 6.10 Å². The van der Waals surface area contributed by atoms with Crippen LogP contribution in [0.15, 0.2) is 12.2 Å². The molecule has 0 unspecified atom stereocenters. The van der Waals surface area contributed by atoms with Crippen molar-refractivity contribution in [2.24, 2.45) is 0 Å². The van der Waals surface area contributed by atoms with Crippen LogP contribution in [0.3, 0.4) is 0 Å². The molecule has 0 bridgehead atoms. The van der Waals surface area contributed by atoms with Crippen LogP contribution in [0, 0.1) is 0 Å². The quantitative estimate of drug-likeness (QED) is 0.116. The van der Waals surface area contributed by atoms with Crippen LogP contribution in [-0.4, -0.2) is 48.2 Å². The second-order valence-corrected chi connectivity index (χ2v) is 11.0. The first-order valence-corrected chi connectivity index (χ1v) is 13.3. The first-order chi connectivity index (χ1) is 13.4. The van der Waals surface area contributed by atoms with Crippen molar-refractivity contribution in [3.8, 4) is 0 Å². The van der Waals surface area contributed by atoms with Crippen molar-refractivity contribution >= 4 is 24.3 Å². The lowest BCUT2D eigenvalue weighted by atomic mass is 10.1. The number of aliphatic hydroxyl groups is 1. The van der Waals surface area contributed by atoms with Gasteiger partial charge in [-0.05, 0) is 32.1 Å². The molecule has 0 rings (SSSR count). The van der Waals surface area contributed by atoms with Gasteiger partial charge in [-0.2, -0.15) is 16.8 Å². The monoisotopic (exact) mass is 460 g/mol. The van der Waals surface area contributed by atoms with Crippen LogP contribution in [0.25, 0.3) is 0 Å². The van der Waals surface area contributed by atoms with Gasteiger partial charge in [-0.25, -0.2) is 0 Å². The fourth-order valence-electron chi connectivity index (χ4n) is 2.36. The minimum Gasteiger partial charge on any atom is -0.481 e. The lowest BCUT2D eigenvalue weighted by Crippen LogP contribution is -2.11. The van der Waals surface area contributed by atoms with E-state index in [2.05, 4.69) is 19.1 Å². The van der Waals surface area contributed by atoms with Crippen molar-refractivity contribution in [3.05, 3.63) is 12.2 Å². The SMILES string of the molecule is CCCCCC[C@@H](O)C/C=C\CCCCCCCC(=O)O.O=S(=O)(O)S(=O)(=O)O. The van der Waals surface area contributed by atoms with Crippen molar-refractivity contribution in [1.29, 1.82) is 0 Å². The van der Waals surface area contributed by atoms with Gasteiger partial charge in [0.1, 0.15) is 0 Å². The summed E-state index contributed by atoms with van der Waals surface area (Å²) in [7, 11) is -10.6. The summed E-state index contributed by atoms with van der Waals surface area (Å²) in [6.07, 6.45) is 17.4. The highest BCUT2D eigenvalue weighted by Crippen LogP contribution is 2.10. The third kappa shape index (κ3) is 23.1. The zero-order valence-corrected chi connectivity index (χ0v) is 18.7. The second-order valence-electron chi connectivity index (χ2n) is 6.77. The highest BCUT2D eigenvalue weighted by molar-refractivity contribution is 8.62. The van der Waals surface area contributed by atoms with Crippen molar-refractivity contribution < 1.29 is 40.9 Å². The maximum Gasteiger partial charge on any atom is 0.397 e. The second kappa shape index (κ2) is 17.8. The van der Waals surface area contributed by atoms with Gasteiger partial charge >= 0.3 is 24.3 Å². The maximum atomic E-state index is 10.3. The van der Waals surface area contributed by atoms with Crippen molar-refractivity contribution in [2.45, 2.75) is 96.5 Å². The van der Waals surface area contributed by atoms with E-state index in [0.717, 1.165) is 51.4 Å². The molecule has 11 heteroatoms. The van der Waals surface area contributed by atoms with E-state index in [4.69, 9.17) is 14.2 Å². The Morgan fingerprint density at radius 3 is 1.86 bits per heavy atom. The highest BCUT2D eigenvalue weighted by Gasteiger charge is 2.22. The number of unbranched alkanes of at least 4 members (excludes halogenated alkanes) is 8. The predicted octanol–water partition coefficient (Wildman–Crippen LogP) is 3.76. The summed E-state index contributed by atoms with van der Waals surface area (Å²) in [4.78, 5) is 10.3. The molecular formula is C18H36O9S2. The Kier molecular flexibility index (Phi) is 18.5. The largest absolute Gasteiger partial charge is 0.481 e. The zero-order valence-electron chi connectivity index (χ0n) is 17.1. The van der Waals surface area contributed by atoms with Crippen LogP contribution in [0.4, 0.5) is 0 Å². The molecule has 0 aromatic carbocycles. The molecule has 0 saturated carbocycles. The molecular weight excluding hydrogens is 424 g/mol. The fraction of sp³-hybridized carbons (Fsp3) is 0.833. The van der Waals surface area contributed by atoms with Crippen molar-refractivity contribution in [1.82, 2.24) is 0 Å². The minimum atomic E-state index is -5.31. The third-order valence-electron chi connectivity index (χ3n) is 3.99. The topological polar surface area (TPSA) is 166 Å². The summed E-state index contributed by atoms with van der Waals surface area (Å²) >= 11 is 0. The fourth-order valence-corrected chi connectivity index (χ4v) is 2.36. The Morgan fingerprint density at radius 2 is 1.34 bits per heavy atom. The average molecular weight is 461 g/mol. The van der Waals surface area contributed by atoms with E-state index in [1.54, 1.807) is 0 Å². The van der Waals surface area contributed by atoms with Crippen molar-refractivity contribution in [2.75, 3.05) is 0 Å². The smallest absolute Gasteiger partial charge is 0.397 e. The maximum absolute atomic E-state index is 10.3. The number of carboxylic acid groups (broad SMARTS) is 1. The summed E-state index contributed by atoms with van der Waals surface area (Å²) in [5, 5.41) is 18.3. The number of carboxylic acids is 1. The Balaban J connectivity index is 0. The molecule has 0 fully saturated rings. The summed E-state index contributed by atoms with van der Waals surface area (Å²) in [6.45, 7) is 2.20. The molecule has 0 radical (unpaired) electrons. The van der Waals surface area contributed by atoms with Gasteiger partial charge < -0.3 is 10.2 Å².